The van der Waals surface area contributed by atoms with Gasteiger partial charge in [-0.25, -0.2) is 4.79 Å². The number of hydrogen-bond acceptors (Lipinski definition) is 6. The monoisotopic (exact) mass is 641 g/mol. The highest BCUT2D eigenvalue weighted by Gasteiger charge is 2.35. The van der Waals surface area contributed by atoms with Crippen LogP contribution in [0.15, 0.2) is 97.1 Å². The van der Waals surface area contributed by atoms with Crippen LogP contribution in [0.3, 0.4) is 0 Å². The number of ether oxygens (including phenoxy) is 4. The second-order valence-electron chi connectivity index (χ2n) is 12.4. The van der Waals surface area contributed by atoms with Gasteiger partial charge in [0, 0.05) is 35.8 Å². The smallest absolute Gasteiger partial charge is 0.330 e. The van der Waals surface area contributed by atoms with Gasteiger partial charge in [0.15, 0.2) is 0 Å². The Balaban J connectivity index is 1.65. The van der Waals surface area contributed by atoms with Gasteiger partial charge in [-0.1, -0.05) is 72.8 Å². The molecular formula is C42H43NO5. The molecule has 6 nitrogen and oxygen atoms in total. The molecule has 0 unspecified atom stereocenters. The highest BCUT2D eigenvalue weighted by atomic mass is 16.5. The Morgan fingerprint density at radius 1 is 0.854 bits per heavy atom. The molecule has 0 spiro atoms. The summed E-state index contributed by atoms with van der Waals surface area (Å²) >= 11 is 0. The van der Waals surface area contributed by atoms with E-state index in [1.807, 2.05) is 36.4 Å². The summed E-state index contributed by atoms with van der Waals surface area (Å²) < 4.78 is 23.7. The molecule has 0 saturated carbocycles. The molecule has 6 heteroatoms. The molecule has 1 aliphatic rings. The molecule has 48 heavy (non-hydrogen) atoms. The summed E-state index contributed by atoms with van der Waals surface area (Å²) in [6.45, 7) is 7.87. The highest BCUT2D eigenvalue weighted by Crippen LogP contribution is 2.50. The van der Waals surface area contributed by atoms with E-state index in [4.69, 9.17) is 18.9 Å². The van der Waals surface area contributed by atoms with Crippen LogP contribution in [0.1, 0.15) is 53.3 Å². The number of fused-ring (bicyclic) bond motifs is 2. The molecule has 6 rings (SSSR count). The third-order valence-electron chi connectivity index (χ3n) is 9.47. The van der Waals surface area contributed by atoms with Gasteiger partial charge in [-0.3, -0.25) is 4.90 Å². The first-order valence-electron chi connectivity index (χ1n) is 16.4. The number of methoxy groups -OCH3 is 3. The molecule has 1 heterocycles. The fourth-order valence-electron chi connectivity index (χ4n) is 7.14. The van der Waals surface area contributed by atoms with Gasteiger partial charge in [-0.15, -0.1) is 0 Å². The number of hydrogen-bond donors (Lipinski definition) is 0. The molecule has 0 fully saturated rings. The fourth-order valence-corrected chi connectivity index (χ4v) is 7.14. The van der Waals surface area contributed by atoms with E-state index in [1.54, 1.807) is 14.2 Å². The van der Waals surface area contributed by atoms with Crippen LogP contribution in [0.4, 0.5) is 0 Å². The molecular weight excluding hydrogens is 598 g/mol. The quantitative estimate of drug-likeness (QED) is 0.112. The van der Waals surface area contributed by atoms with Crippen LogP contribution in [-0.2, 0) is 29.1 Å². The SMILES string of the molecule is COC(=O)/C=C/c1cc(-c2c(C)cc(OC)c3c(OC)cccc23)c(OCc2ccccc2)c2c1C[C@@H](C)N(Cc1ccccc1)[C@@H]2C. The molecule has 5 aromatic carbocycles. The van der Waals surface area contributed by atoms with Crippen molar-refractivity contribution in [3.05, 3.63) is 130 Å². The second kappa shape index (κ2) is 14.4. The molecule has 0 aromatic heterocycles. The van der Waals surface area contributed by atoms with E-state index >= 15 is 0 Å². The Kier molecular flexibility index (Phi) is 9.83. The van der Waals surface area contributed by atoms with Gasteiger partial charge >= 0.3 is 5.97 Å². The van der Waals surface area contributed by atoms with Crippen molar-refractivity contribution in [2.45, 2.75) is 52.4 Å². The molecule has 0 N–H and O–H groups in total. The molecule has 2 atom stereocenters. The van der Waals surface area contributed by atoms with Crippen molar-refractivity contribution >= 4 is 22.8 Å². The zero-order chi connectivity index (χ0) is 33.8. The van der Waals surface area contributed by atoms with Crippen LogP contribution in [0.2, 0.25) is 0 Å². The van der Waals surface area contributed by atoms with Gasteiger partial charge in [0.2, 0.25) is 0 Å². The van der Waals surface area contributed by atoms with E-state index in [9.17, 15) is 4.79 Å². The van der Waals surface area contributed by atoms with Gasteiger partial charge in [0.25, 0.3) is 0 Å². The average Bonchev–Trinajstić information content (AvgIpc) is 3.11. The number of carbonyl (C=O) groups is 1. The molecule has 246 valence electrons. The third-order valence-corrected chi connectivity index (χ3v) is 9.47. The van der Waals surface area contributed by atoms with Crippen molar-refractivity contribution < 1.29 is 23.7 Å². The normalized spacial score (nSPS) is 16.1. The van der Waals surface area contributed by atoms with Gasteiger partial charge in [-0.05, 0) is 90.2 Å². The van der Waals surface area contributed by atoms with Crippen LogP contribution in [0.5, 0.6) is 17.2 Å². The van der Waals surface area contributed by atoms with Gasteiger partial charge in [-0.2, -0.15) is 0 Å². The summed E-state index contributed by atoms with van der Waals surface area (Å²) in [6.07, 6.45) is 4.20. The van der Waals surface area contributed by atoms with Crippen LogP contribution < -0.4 is 14.2 Å². The molecule has 0 aliphatic carbocycles. The minimum Gasteiger partial charge on any atom is -0.496 e. The van der Waals surface area contributed by atoms with Gasteiger partial charge in [0.05, 0.1) is 26.7 Å². The molecule has 0 saturated heterocycles. The minimum absolute atomic E-state index is 0.0133. The summed E-state index contributed by atoms with van der Waals surface area (Å²) in [5.74, 6) is 1.93. The van der Waals surface area contributed by atoms with E-state index in [1.165, 1.54) is 24.3 Å². The number of esters is 1. The predicted molar refractivity (Wildman–Crippen MR) is 193 cm³/mol. The van der Waals surface area contributed by atoms with E-state index < -0.39 is 5.97 Å². The highest BCUT2D eigenvalue weighted by molar-refractivity contribution is 6.06. The third kappa shape index (κ3) is 6.41. The largest absolute Gasteiger partial charge is 0.496 e. The Bertz CT molecular complexity index is 1950. The zero-order valence-corrected chi connectivity index (χ0v) is 28.6. The van der Waals surface area contributed by atoms with Crippen LogP contribution in [0, 0.1) is 6.92 Å². The maximum atomic E-state index is 12.4. The van der Waals surface area contributed by atoms with Crippen LogP contribution in [-0.4, -0.2) is 38.2 Å². The number of nitrogens with zero attached hydrogens (tertiary/aromatic N) is 1. The Hall–Kier alpha value is -5.07. The molecule has 0 amide bonds. The van der Waals surface area contributed by atoms with E-state index in [0.29, 0.717) is 6.61 Å². The van der Waals surface area contributed by atoms with E-state index in [2.05, 4.69) is 86.3 Å². The van der Waals surface area contributed by atoms with Crippen LogP contribution >= 0.6 is 0 Å². The van der Waals surface area contributed by atoms with Gasteiger partial charge < -0.3 is 18.9 Å². The molecule has 1 aliphatic heterocycles. The summed E-state index contributed by atoms with van der Waals surface area (Å²) in [7, 11) is 4.77. The number of carbonyl (C=O) groups excluding carboxylic acids is 1. The summed E-state index contributed by atoms with van der Waals surface area (Å²) in [4.78, 5) is 15.0. The Labute approximate surface area is 283 Å². The Morgan fingerprint density at radius 2 is 1.54 bits per heavy atom. The first kappa shape index (κ1) is 32.9. The lowest BCUT2D eigenvalue weighted by atomic mass is 9.81. The summed E-state index contributed by atoms with van der Waals surface area (Å²) in [5.41, 5.74) is 8.66. The zero-order valence-electron chi connectivity index (χ0n) is 28.6. The van der Waals surface area contributed by atoms with E-state index in [-0.39, 0.29) is 12.1 Å². The minimum atomic E-state index is -0.395. The van der Waals surface area contributed by atoms with Crippen molar-refractivity contribution in [1.29, 1.82) is 0 Å². The average molecular weight is 642 g/mol. The Morgan fingerprint density at radius 3 is 2.21 bits per heavy atom. The van der Waals surface area contributed by atoms with E-state index in [0.717, 1.165) is 74.4 Å². The van der Waals surface area contributed by atoms with Crippen molar-refractivity contribution in [3.8, 4) is 28.4 Å². The molecule has 5 aromatic rings. The lowest BCUT2D eigenvalue weighted by molar-refractivity contribution is -0.134. The van der Waals surface area contributed by atoms with Crippen LogP contribution in [0.25, 0.3) is 28.0 Å². The molecule has 0 bridgehead atoms. The number of rotatable bonds is 10. The maximum absolute atomic E-state index is 12.4. The maximum Gasteiger partial charge on any atom is 0.330 e. The first-order valence-corrected chi connectivity index (χ1v) is 16.4. The predicted octanol–water partition coefficient (Wildman–Crippen LogP) is 9.11. The number of benzene rings is 5. The van der Waals surface area contributed by atoms with Crippen molar-refractivity contribution in [2.75, 3.05) is 21.3 Å². The first-order chi connectivity index (χ1) is 23.3. The van der Waals surface area contributed by atoms with Crippen molar-refractivity contribution in [1.82, 2.24) is 4.90 Å². The summed E-state index contributed by atoms with van der Waals surface area (Å²) in [5, 5.41) is 1.89. The lowest BCUT2D eigenvalue weighted by Gasteiger charge is -2.42. The van der Waals surface area contributed by atoms with Gasteiger partial charge in [0.1, 0.15) is 23.9 Å². The molecule has 0 radical (unpaired) electrons. The topological polar surface area (TPSA) is 57.2 Å². The fraction of sp³-hybridized carbons (Fsp3) is 0.262. The van der Waals surface area contributed by atoms with Crippen molar-refractivity contribution in [2.24, 2.45) is 0 Å². The summed E-state index contributed by atoms with van der Waals surface area (Å²) in [6, 6.07) is 31.5. The van der Waals surface area contributed by atoms with Crippen molar-refractivity contribution in [3.63, 3.8) is 0 Å². The second-order valence-corrected chi connectivity index (χ2v) is 12.4. The lowest BCUT2D eigenvalue weighted by Crippen LogP contribution is -2.41. The number of aryl methyl sites for hydroxylation is 1. The standard InChI is InChI=1S/C42H43NO5/c1-27-22-37(46-5)41-33(18-13-19-36(41)45-4)39(27)35-24-32(20-21-38(44)47-6)34-23-28(2)43(25-30-14-9-7-10-15-30)29(3)40(34)42(35)48-26-31-16-11-8-12-17-31/h7-22,24,28-29H,23,25-26H2,1-6H3/b21-20+/t28-,29-/m1/s1.